The Morgan fingerprint density at radius 3 is 2.28 bits per heavy atom. The van der Waals surface area contributed by atoms with E-state index in [1.165, 1.54) is 23.2 Å². The first-order chi connectivity index (χ1) is 8.75. The minimum absolute atomic E-state index is 0.795. The van der Waals surface area contributed by atoms with Crippen LogP contribution in [0.1, 0.15) is 0 Å². The van der Waals surface area contributed by atoms with Crippen LogP contribution in [0.2, 0.25) is 0 Å². The molecule has 1 aromatic heterocycles. The minimum Gasteiger partial charge on any atom is -0.619 e. The molecule has 88 valence electrons. The molecule has 0 aliphatic carbocycles. The predicted octanol–water partition coefficient (Wildman–Crippen LogP) is 3.90. The van der Waals surface area contributed by atoms with E-state index in [4.69, 9.17) is 0 Å². The second-order valence-electron chi connectivity index (χ2n) is 4.09. The van der Waals surface area contributed by atoms with Crippen molar-refractivity contribution >= 4 is 26.7 Å². The van der Waals surface area contributed by atoms with Crippen LogP contribution in [-0.4, -0.2) is 0 Å². The van der Waals surface area contributed by atoms with Crippen molar-refractivity contribution in [3.05, 3.63) is 70.6 Å². The van der Waals surface area contributed by atoms with Crippen molar-refractivity contribution < 1.29 is 4.73 Å². The number of pyridine rings is 1. The molecule has 3 aromatic rings. The fourth-order valence-corrected chi connectivity index (χ4v) is 2.72. The van der Waals surface area contributed by atoms with E-state index in [0.717, 1.165) is 20.3 Å². The van der Waals surface area contributed by atoms with Gasteiger partial charge in [0.05, 0.1) is 0 Å². The third-order valence-corrected chi connectivity index (χ3v) is 3.63. The van der Waals surface area contributed by atoms with Gasteiger partial charge >= 0.3 is 0 Å². The van der Waals surface area contributed by atoms with Crippen molar-refractivity contribution in [2.24, 2.45) is 0 Å². The molecule has 0 spiro atoms. The summed E-state index contributed by atoms with van der Waals surface area (Å²) in [5.74, 6) is 0. The number of nitrogens with zero attached hydrogens (tertiary/aromatic N) is 1. The van der Waals surface area contributed by atoms with Crippen LogP contribution in [0.5, 0.6) is 0 Å². The Kier molecular flexibility index (Phi) is 2.76. The van der Waals surface area contributed by atoms with E-state index < -0.39 is 0 Å². The number of hydrogen-bond acceptors (Lipinski definition) is 1. The first-order valence-electron chi connectivity index (χ1n) is 5.62. The first kappa shape index (κ1) is 11.2. The Hall–Kier alpha value is -1.87. The van der Waals surface area contributed by atoms with E-state index in [-0.39, 0.29) is 0 Å². The van der Waals surface area contributed by atoms with Crippen molar-refractivity contribution in [1.29, 1.82) is 0 Å². The molecule has 0 N–H and O–H groups in total. The lowest BCUT2D eigenvalue weighted by atomic mass is 9.99. The number of fused-ring (bicyclic) bond motifs is 1. The van der Waals surface area contributed by atoms with Crippen LogP contribution >= 0.6 is 15.9 Å². The number of benzene rings is 2. The van der Waals surface area contributed by atoms with Gasteiger partial charge in [-0.2, -0.15) is 4.73 Å². The van der Waals surface area contributed by atoms with E-state index in [0.29, 0.717) is 0 Å². The molecule has 3 heteroatoms. The normalized spacial score (nSPS) is 10.7. The van der Waals surface area contributed by atoms with Crippen LogP contribution in [0, 0.1) is 5.21 Å². The van der Waals surface area contributed by atoms with Gasteiger partial charge in [0.2, 0.25) is 0 Å². The van der Waals surface area contributed by atoms with Gasteiger partial charge in [0.25, 0.3) is 0 Å². The largest absolute Gasteiger partial charge is 0.619 e. The summed E-state index contributed by atoms with van der Waals surface area (Å²) in [5.41, 5.74) is 2.17. The van der Waals surface area contributed by atoms with Crippen LogP contribution in [0.4, 0.5) is 0 Å². The summed E-state index contributed by atoms with van der Waals surface area (Å²) >= 11 is 3.59. The van der Waals surface area contributed by atoms with Gasteiger partial charge in [-0.15, -0.1) is 0 Å². The zero-order valence-electron chi connectivity index (χ0n) is 9.51. The van der Waals surface area contributed by atoms with Gasteiger partial charge in [-0.3, -0.25) is 0 Å². The molecule has 0 saturated heterocycles. The number of hydrogen-bond donors (Lipinski definition) is 0. The van der Waals surface area contributed by atoms with Crippen LogP contribution in [0.15, 0.2) is 65.4 Å². The third kappa shape index (κ3) is 1.87. The summed E-state index contributed by atoms with van der Waals surface area (Å²) in [4.78, 5) is 0. The summed E-state index contributed by atoms with van der Waals surface area (Å²) in [5, 5.41) is 13.4. The number of rotatable bonds is 1. The zero-order valence-corrected chi connectivity index (χ0v) is 11.1. The Bertz CT molecular complexity index is 702. The Morgan fingerprint density at radius 1 is 0.889 bits per heavy atom. The molecule has 0 radical (unpaired) electrons. The topological polar surface area (TPSA) is 26.9 Å². The molecule has 0 atom stereocenters. The van der Waals surface area contributed by atoms with Crippen LogP contribution in [-0.2, 0) is 0 Å². The molecular weight excluding hydrogens is 290 g/mol. The summed E-state index contributed by atoms with van der Waals surface area (Å²) in [6.07, 6.45) is 3.04. The lowest BCUT2D eigenvalue weighted by Crippen LogP contribution is -2.23. The Labute approximate surface area is 113 Å². The van der Waals surface area contributed by atoms with E-state index in [2.05, 4.69) is 34.1 Å². The third-order valence-electron chi connectivity index (χ3n) is 2.97. The van der Waals surface area contributed by atoms with Gasteiger partial charge in [0, 0.05) is 22.0 Å². The molecule has 0 amide bonds. The molecular formula is C15H10BrNO. The predicted molar refractivity (Wildman–Crippen MR) is 76.0 cm³/mol. The fraction of sp³-hybridized carbons (Fsp3) is 0. The maximum atomic E-state index is 11.1. The second-order valence-corrected chi connectivity index (χ2v) is 4.94. The highest BCUT2D eigenvalue weighted by Crippen LogP contribution is 2.33. The molecule has 2 nitrogen and oxygen atoms in total. The van der Waals surface area contributed by atoms with Crippen molar-refractivity contribution in [2.75, 3.05) is 0 Å². The molecule has 0 saturated carbocycles. The molecule has 0 unspecified atom stereocenters. The molecule has 0 aliphatic rings. The SMILES string of the molecule is [O-][n+]1ccc(-c2cccc3cccc(Br)c23)cc1. The summed E-state index contributed by atoms with van der Waals surface area (Å²) < 4.78 is 1.86. The van der Waals surface area contributed by atoms with Crippen LogP contribution in [0.3, 0.4) is 0 Å². The molecule has 0 fully saturated rings. The van der Waals surface area contributed by atoms with E-state index in [1.54, 1.807) is 0 Å². The number of aromatic nitrogens is 1. The first-order valence-corrected chi connectivity index (χ1v) is 6.41. The molecule has 2 aromatic carbocycles. The maximum absolute atomic E-state index is 11.1. The standard InChI is InChI=1S/C15H10BrNO/c16-14-6-2-4-12-3-1-5-13(15(12)14)11-7-9-17(18)10-8-11/h1-10H. The monoisotopic (exact) mass is 299 g/mol. The minimum atomic E-state index is 0.795. The van der Waals surface area contributed by atoms with Gasteiger partial charge in [-0.25, -0.2) is 0 Å². The van der Waals surface area contributed by atoms with Gasteiger partial charge in [-0.05, 0) is 22.6 Å². The van der Waals surface area contributed by atoms with Crippen molar-refractivity contribution in [1.82, 2.24) is 0 Å². The summed E-state index contributed by atoms with van der Waals surface area (Å²) in [6, 6.07) is 16.0. The summed E-state index contributed by atoms with van der Waals surface area (Å²) in [6.45, 7) is 0. The van der Waals surface area contributed by atoms with E-state index in [9.17, 15) is 5.21 Å². The quantitative estimate of drug-likeness (QED) is 0.494. The van der Waals surface area contributed by atoms with E-state index in [1.807, 2.05) is 30.3 Å². The molecule has 3 rings (SSSR count). The average Bonchev–Trinajstić information content (AvgIpc) is 2.39. The summed E-state index contributed by atoms with van der Waals surface area (Å²) in [7, 11) is 0. The molecule has 0 bridgehead atoms. The highest BCUT2D eigenvalue weighted by molar-refractivity contribution is 9.10. The lowest BCUT2D eigenvalue weighted by Gasteiger charge is -2.08. The highest BCUT2D eigenvalue weighted by Gasteiger charge is 2.07. The molecule has 1 heterocycles. The number of halogens is 1. The van der Waals surface area contributed by atoms with Gasteiger partial charge in [-0.1, -0.05) is 46.3 Å². The fourth-order valence-electron chi connectivity index (χ4n) is 2.13. The van der Waals surface area contributed by atoms with Gasteiger partial charge < -0.3 is 5.21 Å². The second kappa shape index (κ2) is 4.42. The van der Waals surface area contributed by atoms with Crippen LogP contribution < -0.4 is 4.73 Å². The van der Waals surface area contributed by atoms with Crippen molar-refractivity contribution in [3.8, 4) is 11.1 Å². The Morgan fingerprint density at radius 2 is 1.56 bits per heavy atom. The van der Waals surface area contributed by atoms with Crippen LogP contribution in [0.25, 0.3) is 21.9 Å². The maximum Gasteiger partial charge on any atom is 0.180 e. The lowest BCUT2D eigenvalue weighted by molar-refractivity contribution is -0.605. The van der Waals surface area contributed by atoms with E-state index >= 15 is 0 Å². The average molecular weight is 300 g/mol. The molecule has 18 heavy (non-hydrogen) atoms. The van der Waals surface area contributed by atoms with Gasteiger partial charge in [0.15, 0.2) is 12.4 Å². The van der Waals surface area contributed by atoms with Crippen molar-refractivity contribution in [2.45, 2.75) is 0 Å². The zero-order chi connectivity index (χ0) is 12.5. The Balaban J connectivity index is 2.32. The highest BCUT2D eigenvalue weighted by atomic mass is 79.9. The smallest absolute Gasteiger partial charge is 0.180 e. The van der Waals surface area contributed by atoms with Crippen molar-refractivity contribution in [3.63, 3.8) is 0 Å². The van der Waals surface area contributed by atoms with Gasteiger partial charge in [0.1, 0.15) is 0 Å². The molecule has 0 aliphatic heterocycles.